The predicted molar refractivity (Wildman–Crippen MR) is 85.8 cm³/mol. The van der Waals surface area contributed by atoms with E-state index >= 15 is 0 Å². The highest BCUT2D eigenvalue weighted by molar-refractivity contribution is 7.16. The molecule has 1 heterocycles. The molecule has 1 aromatic heterocycles. The maximum Gasteiger partial charge on any atom is 0.251 e. The number of nitrogens with two attached hydrogens (primary N) is 1. The molecule has 0 spiro atoms. The third kappa shape index (κ3) is 3.49. The van der Waals surface area contributed by atoms with Crippen molar-refractivity contribution in [3.63, 3.8) is 0 Å². The van der Waals surface area contributed by atoms with Crippen LogP contribution in [0.15, 0.2) is 24.3 Å². The molecule has 2 rings (SSSR count). The van der Waals surface area contributed by atoms with Crippen molar-refractivity contribution in [3.8, 4) is 0 Å². The Morgan fingerprint density at radius 3 is 2.33 bits per heavy atom. The van der Waals surface area contributed by atoms with Gasteiger partial charge in [-0.25, -0.2) is 0 Å². The summed E-state index contributed by atoms with van der Waals surface area (Å²) in [5, 5.41) is 3.33. The number of carbonyl (C=O) groups excluding carboxylic acids is 2. The fourth-order valence-electron chi connectivity index (χ4n) is 2.07. The zero-order chi connectivity index (χ0) is 15.6. The molecule has 0 aliphatic heterocycles. The lowest BCUT2D eigenvalue weighted by Gasteiger charge is -2.05. The summed E-state index contributed by atoms with van der Waals surface area (Å²) in [4.78, 5) is 24.6. The Kier molecular flexibility index (Phi) is 4.43. The second-order valence-electron chi connectivity index (χ2n) is 5.06. The predicted octanol–water partition coefficient (Wildman–Crippen LogP) is 2.95. The lowest BCUT2D eigenvalue weighted by Crippen LogP contribution is -2.18. The zero-order valence-electron chi connectivity index (χ0n) is 12.3. The van der Waals surface area contributed by atoms with Gasteiger partial charge in [-0.1, -0.05) is 29.8 Å². The third-order valence-electron chi connectivity index (χ3n) is 3.37. The highest BCUT2D eigenvalue weighted by Gasteiger charge is 2.18. The highest BCUT2D eigenvalue weighted by atomic mass is 32.1. The summed E-state index contributed by atoms with van der Waals surface area (Å²) >= 11 is 1.38. The van der Waals surface area contributed by atoms with E-state index in [4.69, 9.17) is 5.73 Å². The summed E-state index contributed by atoms with van der Waals surface area (Å²) in [6, 6.07) is 7.79. The minimum atomic E-state index is -0.512. The topological polar surface area (TPSA) is 72.2 Å². The van der Waals surface area contributed by atoms with Gasteiger partial charge in [0.2, 0.25) is 5.91 Å². The van der Waals surface area contributed by atoms with Crippen molar-refractivity contribution in [1.82, 2.24) is 0 Å². The van der Waals surface area contributed by atoms with Crippen molar-refractivity contribution in [2.45, 2.75) is 27.2 Å². The van der Waals surface area contributed by atoms with Gasteiger partial charge >= 0.3 is 0 Å². The summed E-state index contributed by atoms with van der Waals surface area (Å²) in [7, 11) is 0. The Morgan fingerprint density at radius 2 is 1.76 bits per heavy atom. The van der Waals surface area contributed by atoms with Gasteiger partial charge in [-0.3, -0.25) is 9.59 Å². The summed E-state index contributed by atoms with van der Waals surface area (Å²) < 4.78 is 0. The first kappa shape index (κ1) is 15.3. The van der Waals surface area contributed by atoms with E-state index in [1.807, 2.05) is 45.0 Å². The van der Waals surface area contributed by atoms with Crippen LogP contribution >= 0.6 is 11.3 Å². The van der Waals surface area contributed by atoms with Gasteiger partial charge in [-0.2, -0.15) is 0 Å². The molecule has 1 aromatic carbocycles. The van der Waals surface area contributed by atoms with Crippen molar-refractivity contribution >= 4 is 28.2 Å². The number of thiophene rings is 1. The molecule has 0 fully saturated rings. The molecule has 0 bridgehead atoms. The minimum Gasteiger partial charge on any atom is -0.365 e. The molecule has 110 valence electrons. The number of hydrogen-bond acceptors (Lipinski definition) is 3. The Balaban J connectivity index is 2.15. The van der Waals surface area contributed by atoms with Crippen LogP contribution in [0.2, 0.25) is 0 Å². The lowest BCUT2D eigenvalue weighted by molar-refractivity contribution is -0.115. The smallest absolute Gasteiger partial charge is 0.251 e. The Bertz CT molecular complexity index is 687. The van der Waals surface area contributed by atoms with Gasteiger partial charge in [0.1, 0.15) is 5.00 Å². The largest absolute Gasteiger partial charge is 0.365 e. The van der Waals surface area contributed by atoms with E-state index in [-0.39, 0.29) is 12.3 Å². The lowest BCUT2D eigenvalue weighted by atomic mass is 10.1. The van der Waals surface area contributed by atoms with Crippen LogP contribution in [0.5, 0.6) is 0 Å². The number of benzene rings is 1. The molecule has 0 saturated heterocycles. The number of rotatable bonds is 4. The van der Waals surface area contributed by atoms with Crippen molar-refractivity contribution in [2.75, 3.05) is 5.32 Å². The first-order valence-corrected chi connectivity index (χ1v) is 7.45. The number of aryl methyl sites for hydroxylation is 2. The van der Waals surface area contributed by atoms with Crippen LogP contribution in [0, 0.1) is 20.8 Å². The first-order chi connectivity index (χ1) is 9.88. The summed E-state index contributed by atoms with van der Waals surface area (Å²) in [6.07, 6.45) is 0.272. The van der Waals surface area contributed by atoms with Crippen molar-refractivity contribution in [1.29, 1.82) is 0 Å². The molecule has 3 N–H and O–H groups in total. The number of anilines is 1. The number of carbonyl (C=O) groups is 2. The number of hydrogen-bond donors (Lipinski definition) is 2. The molecule has 5 heteroatoms. The first-order valence-electron chi connectivity index (χ1n) is 6.63. The maximum absolute atomic E-state index is 12.1. The maximum atomic E-state index is 12.1. The van der Waals surface area contributed by atoms with Gasteiger partial charge < -0.3 is 11.1 Å². The number of amides is 2. The monoisotopic (exact) mass is 302 g/mol. The van der Waals surface area contributed by atoms with Gasteiger partial charge in [-0.15, -0.1) is 11.3 Å². The summed E-state index contributed by atoms with van der Waals surface area (Å²) in [5.41, 5.74) is 8.72. The standard InChI is InChI=1S/C16H18N2O2S/c1-9-4-6-12(7-5-9)8-13(19)18-16-14(15(17)20)10(2)11(3)21-16/h4-7H,8H2,1-3H3,(H2,17,20)(H,18,19). The van der Waals surface area contributed by atoms with Gasteiger partial charge in [0, 0.05) is 4.88 Å². The molecule has 21 heavy (non-hydrogen) atoms. The zero-order valence-corrected chi connectivity index (χ0v) is 13.1. The normalized spacial score (nSPS) is 10.4. The molecule has 2 amide bonds. The van der Waals surface area contributed by atoms with E-state index in [9.17, 15) is 9.59 Å². The van der Waals surface area contributed by atoms with Gasteiger partial charge in [0.15, 0.2) is 0 Å². The van der Waals surface area contributed by atoms with E-state index < -0.39 is 5.91 Å². The Hall–Kier alpha value is -2.14. The van der Waals surface area contributed by atoms with Gasteiger partial charge in [-0.05, 0) is 31.9 Å². The van der Waals surface area contributed by atoms with Crippen LogP contribution in [0.4, 0.5) is 5.00 Å². The molecule has 4 nitrogen and oxygen atoms in total. The second-order valence-corrected chi connectivity index (χ2v) is 6.29. The van der Waals surface area contributed by atoms with Crippen molar-refractivity contribution < 1.29 is 9.59 Å². The highest BCUT2D eigenvalue weighted by Crippen LogP contribution is 2.32. The van der Waals surface area contributed by atoms with Crippen LogP contribution in [0.3, 0.4) is 0 Å². The SMILES string of the molecule is Cc1ccc(CC(=O)Nc2sc(C)c(C)c2C(N)=O)cc1. The molecule has 0 saturated carbocycles. The fraction of sp³-hybridized carbons (Fsp3) is 0.250. The minimum absolute atomic E-state index is 0.150. The van der Waals surface area contributed by atoms with Crippen LogP contribution in [-0.4, -0.2) is 11.8 Å². The summed E-state index contributed by atoms with van der Waals surface area (Å²) in [5.74, 6) is -0.662. The Morgan fingerprint density at radius 1 is 1.14 bits per heavy atom. The number of nitrogens with one attached hydrogen (secondary N) is 1. The molecular weight excluding hydrogens is 284 g/mol. The molecule has 0 unspecified atom stereocenters. The third-order valence-corrected chi connectivity index (χ3v) is 4.49. The summed E-state index contributed by atoms with van der Waals surface area (Å²) in [6.45, 7) is 5.74. The van der Waals surface area contributed by atoms with E-state index in [0.29, 0.717) is 10.6 Å². The molecule has 0 aliphatic rings. The van der Waals surface area contributed by atoms with Crippen molar-refractivity contribution in [3.05, 3.63) is 51.4 Å². The van der Waals surface area contributed by atoms with Crippen LogP contribution in [0.25, 0.3) is 0 Å². The fourth-order valence-corrected chi connectivity index (χ4v) is 3.16. The molecule has 0 aliphatic carbocycles. The Labute approximate surface area is 128 Å². The van der Waals surface area contributed by atoms with Gasteiger partial charge in [0.25, 0.3) is 5.91 Å². The number of primary amides is 1. The molecule has 0 radical (unpaired) electrons. The van der Waals surface area contributed by atoms with Crippen LogP contribution in [0.1, 0.15) is 31.9 Å². The quantitative estimate of drug-likeness (QED) is 0.911. The average Bonchev–Trinajstić information content (AvgIpc) is 2.67. The average molecular weight is 302 g/mol. The molecular formula is C16H18N2O2S. The van der Waals surface area contributed by atoms with E-state index in [1.165, 1.54) is 11.3 Å². The second kappa shape index (κ2) is 6.10. The van der Waals surface area contributed by atoms with E-state index in [1.54, 1.807) is 0 Å². The van der Waals surface area contributed by atoms with E-state index in [0.717, 1.165) is 21.6 Å². The van der Waals surface area contributed by atoms with Crippen molar-refractivity contribution in [2.24, 2.45) is 5.73 Å². The van der Waals surface area contributed by atoms with Crippen LogP contribution in [-0.2, 0) is 11.2 Å². The van der Waals surface area contributed by atoms with E-state index in [2.05, 4.69) is 5.32 Å². The molecule has 0 atom stereocenters. The molecule has 2 aromatic rings. The van der Waals surface area contributed by atoms with Gasteiger partial charge in [0.05, 0.1) is 12.0 Å². The van der Waals surface area contributed by atoms with Crippen LogP contribution < -0.4 is 11.1 Å².